The summed E-state index contributed by atoms with van der Waals surface area (Å²) < 4.78 is 46.4. The second-order valence-electron chi connectivity index (χ2n) is 5.60. The lowest BCUT2D eigenvalue weighted by molar-refractivity contribution is -0.274. The Kier molecular flexibility index (Phi) is 5.02. The molecule has 6 heteroatoms. The molecule has 0 unspecified atom stereocenters. The molecule has 0 fully saturated rings. The first-order chi connectivity index (χ1) is 12.4. The van der Waals surface area contributed by atoms with E-state index < -0.39 is 6.36 Å². The van der Waals surface area contributed by atoms with E-state index in [1.54, 1.807) is 24.3 Å². The molecule has 0 aliphatic heterocycles. The van der Waals surface area contributed by atoms with Gasteiger partial charge in [-0.05, 0) is 35.4 Å². The number of benzene rings is 3. The SMILES string of the molecule is Nc1cc(OC(F)(F)F)ccc1-c1ccc(OCc2ccccc2)cc1. The van der Waals surface area contributed by atoms with Crippen molar-refractivity contribution in [3.05, 3.63) is 78.4 Å². The summed E-state index contributed by atoms with van der Waals surface area (Å²) in [6.45, 7) is 0.450. The van der Waals surface area contributed by atoms with Crippen LogP contribution in [0.25, 0.3) is 11.1 Å². The van der Waals surface area contributed by atoms with Gasteiger partial charge in [0.25, 0.3) is 0 Å². The summed E-state index contributed by atoms with van der Waals surface area (Å²) >= 11 is 0. The van der Waals surface area contributed by atoms with Crippen molar-refractivity contribution >= 4 is 5.69 Å². The molecule has 3 rings (SSSR count). The summed E-state index contributed by atoms with van der Waals surface area (Å²) in [7, 11) is 0. The van der Waals surface area contributed by atoms with E-state index in [9.17, 15) is 13.2 Å². The quantitative estimate of drug-likeness (QED) is 0.619. The molecular formula is C20H16F3NO2. The molecule has 0 atom stereocenters. The molecule has 0 saturated heterocycles. The van der Waals surface area contributed by atoms with Gasteiger partial charge < -0.3 is 15.2 Å². The molecule has 0 bridgehead atoms. The fraction of sp³-hybridized carbons (Fsp3) is 0.100. The van der Waals surface area contributed by atoms with E-state index in [0.717, 1.165) is 17.2 Å². The molecule has 2 N–H and O–H groups in total. The molecular weight excluding hydrogens is 343 g/mol. The first-order valence-corrected chi connectivity index (χ1v) is 7.83. The van der Waals surface area contributed by atoms with Gasteiger partial charge in [-0.2, -0.15) is 0 Å². The first kappa shape index (κ1) is 17.7. The third-order valence-corrected chi connectivity index (χ3v) is 3.67. The van der Waals surface area contributed by atoms with Gasteiger partial charge in [-0.1, -0.05) is 42.5 Å². The van der Waals surface area contributed by atoms with Crippen molar-refractivity contribution in [2.45, 2.75) is 13.0 Å². The number of nitrogen functional groups attached to an aromatic ring is 1. The minimum Gasteiger partial charge on any atom is -0.489 e. The van der Waals surface area contributed by atoms with Crippen LogP contribution >= 0.6 is 0 Å². The molecule has 3 aromatic rings. The van der Waals surface area contributed by atoms with Crippen LogP contribution in [0.4, 0.5) is 18.9 Å². The average Bonchev–Trinajstić information content (AvgIpc) is 2.60. The molecule has 0 saturated carbocycles. The van der Waals surface area contributed by atoms with Crippen LogP contribution in [0.3, 0.4) is 0 Å². The third kappa shape index (κ3) is 4.69. The summed E-state index contributed by atoms with van der Waals surface area (Å²) in [5, 5.41) is 0. The van der Waals surface area contributed by atoms with E-state index in [1.807, 2.05) is 30.3 Å². The lowest BCUT2D eigenvalue weighted by atomic mass is 10.0. The van der Waals surface area contributed by atoms with Gasteiger partial charge in [0, 0.05) is 17.3 Å². The van der Waals surface area contributed by atoms with Gasteiger partial charge in [0.2, 0.25) is 0 Å². The zero-order valence-electron chi connectivity index (χ0n) is 13.7. The largest absolute Gasteiger partial charge is 0.573 e. The molecule has 3 aromatic carbocycles. The zero-order valence-corrected chi connectivity index (χ0v) is 13.7. The lowest BCUT2D eigenvalue weighted by Crippen LogP contribution is -2.17. The first-order valence-electron chi connectivity index (χ1n) is 7.83. The fourth-order valence-electron chi connectivity index (χ4n) is 2.47. The highest BCUT2D eigenvalue weighted by Crippen LogP contribution is 2.32. The predicted molar refractivity (Wildman–Crippen MR) is 93.7 cm³/mol. The fourth-order valence-corrected chi connectivity index (χ4v) is 2.47. The maximum absolute atomic E-state index is 12.3. The summed E-state index contributed by atoms with van der Waals surface area (Å²) in [5.74, 6) is 0.342. The van der Waals surface area contributed by atoms with Crippen LogP contribution in [0.1, 0.15) is 5.56 Å². The van der Waals surface area contributed by atoms with E-state index in [2.05, 4.69) is 4.74 Å². The van der Waals surface area contributed by atoms with E-state index in [0.29, 0.717) is 17.9 Å². The van der Waals surface area contributed by atoms with E-state index in [1.165, 1.54) is 12.1 Å². The molecule has 26 heavy (non-hydrogen) atoms. The summed E-state index contributed by atoms with van der Waals surface area (Å²) in [6, 6.07) is 20.8. The molecule has 0 aromatic heterocycles. The molecule has 3 nitrogen and oxygen atoms in total. The number of halogens is 3. The summed E-state index contributed by atoms with van der Waals surface area (Å²) in [6.07, 6.45) is -4.74. The van der Waals surface area contributed by atoms with E-state index in [4.69, 9.17) is 10.5 Å². The maximum Gasteiger partial charge on any atom is 0.573 e. The molecule has 134 valence electrons. The zero-order chi connectivity index (χ0) is 18.6. The van der Waals surface area contributed by atoms with Crippen LogP contribution in [0.5, 0.6) is 11.5 Å². The Morgan fingerprint density at radius 2 is 1.46 bits per heavy atom. The Balaban J connectivity index is 1.70. The average molecular weight is 359 g/mol. The second-order valence-corrected chi connectivity index (χ2v) is 5.60. The Bertz CT molecular complexity index is 862. The predicted octanol–water partition coefficient (Wildman–Crippen LogP) is 5.41. The Labute approximate surface area is 148 Å². The van der Waals surface area contributed by atoms with Gasteiger partial charge in [0.15, 0.2) is 0 Å². The van der Waals surface area contributed by atoms with Gasteiger partial charge in [-0.15, -0.1) is 13.2 Å². The Morgan fingerprint density at radius 1 is 0.808 bits per heavy atom. The number of anilines is 1. The van der Waals surface area contributed by atoms with Gasteiger partial charge in [-0.3, -0.25) is 0 Å². The van der Waals surface area contributed by atoms with E-state index >= 15 is 0 Å². The maximum atomic E-state index is 12.3. The van der Waals surface area contributed by atoms with Gasteiger partial charge >= 0.3 is 6.36 Å². The van der Waals surface area contributed by atoms with Crippen molar-refractivity contribution in [1.82, 2.24) is 0 Å². The smallest absolute Gasteiger partial charge is 0.489 e. The van der Waals surface area contributed by atoms with Crippen molar-refractivity contribution in [1.29, 1.82) is 0 Å². The number of nitrogens with two attached hydrogens (primary N) is 1. The van der Waals surface area contributed by atoms with Crippen molar-refractivity contribution in [3.8, 4) is 22.6 Å². The van der Waals surface area contributed by atoms with Crippen LogP contribution in [0.2, 0.25) is 0 Å². The highest BCUT2D eigenvalue weighted by molar-refractivity contribution is 5.77. The highest BCUT2D eigenvalue weighted by atomic mass is 19.4. The number of hydrogen-bond donors (Lipinski definition) is 1. The number of hydrogen-bond acceptors (Lipinski definition) is 3. The van der Waals surface area contributed by atoms with Crippen LogP contribution in [0, 0.1) is 0 Å². The van der Waals surface area contributed by atoms with Crippen LogP contribution in [-0.2, 0) is 6.61 Å². The van der Waals surface area contributed by atoms with Crippen molar-refractivity contribution < 1.29 is 22.6 Å². The molecule has 0 spiro atoms. The molecule has 0 aliphatic carbocycles. The highest BCUT2D eigenvalue weighted by Gasteiger charge is 2.31. The molecule has 0 radical (unpaired) electrons. The Hall–Kier alpha value is -3.15. The minimum atomic E-state index is -4.74. The lowest BCUT2D eigenvalue weighted by Gasteiger charge is -2.12. The van der Waals surface area contributed by atoms with Crippen LogP contribution in [-0.4, -0.2) is 6.36 Å². The van der Waals surface area contributed by atoms with Crippen molar-refractivity contribution in [3.63, 3.8) is 0 Å². The van der Waals surface area contributed by atoms with Crippen LogP contribution < -0.4 is 15.2 Å². The van der Waals surface area contributed by atoms with E-state index in [-0.39, 0.29) is 11.4 Å². The topological polar surface area (TPSA) is 44.5 Å². The molecule has 0 amide bonds. The third-order valence-electron chi connectivity index (χ3n) is 3.67. The summed E-state index contributed by atoms with van der Waals surface area (Å²) in [4.78, 5) is 0. The van der Waals surface area contributed by atoms with Gasteiger partial charge in [0.1, 0.15) is 18.1 Å². The number of alkyl halides is 3. The monoisotopic (exact) mass is 359 g/mol. The van der Waals surface area contributed by atoms with Crippen molar-refractivity contribution in [2.75, 3.05) is 5.73 Å². The minimum absolute atomic E-state index is 0.199. The second kappa shape index (κ2) is 7.39. The Morgan fingerprint density at radius 3 is 2.08 bits per heavy atom. The van der Waals surface area contributed by atoms with Gasteiger partial charge in [-0.25, -0.2) is 0 Å². The number of ether oxygens (including phenoxy) is 2. The van der Waals surface area contributed by atoms with Crippen molar-refractivity contribution in [2.24, 2.45) is 0 Å². The standard InChI is InChI=1S/C20H16F3NO2/c21-20(22,23)26-17-10-11-18(19(24)12-17)15-6-8-16(9-7-15)25-13-14-4-2-1-3-5-14/h1-12H,13,24H2. The normalized spacial score (nSPS) is 11.2. The molecule has 0 aliphatic rings. The molecule has 0 heterocycles. The summed E-state index contributed by atoms with van der Waals surface area (Å²) in [5.41, 5.74) is 8.51. The number of rotatable bonds is 5. The van der Waals surface area contributed by atoms with Crippen LogP contribution in [0.15, 0.2) is 72.8 Å². The van der Waals surface area contributed by atoms with Gasteiger partial charge in [0.05, 0.1) is 0 Å².